The number of aryl methyl sites for hydroxylation is 2. The first kappa shape index (κ1) is 15.1. The van der Waals surface area contributed by atoms with E-state index in [1.807, 2.05) is 18.7 Å². The van der Waals surface area contributed by atoms with Gasteiger partial charge in [0, 0.05) is 39.1 Å². The van der Waals surface area contributed by atoms with Gasteiger partial charge < -0.3 is 4.90 Å². The van der Waals surface area contributed by atoms with E-state index in [0.29, 0.717) is 5.88 Å². The lowest BCUT2D eigenvalue weighted by molar-refractivity contribution is 0.253. The Morgan fingerprint density at radius 2 is 1.84 bits per heavy atom. The summed E-state index contributed by atoms with van der Waals surface area (Å²) in [5.74, 6) is 0.715. The lowest BCUT2D eigenvalue weighted by Crippen LogP contribution is -2.32. The lowest BCUT2D eigenvalue weighted by atomic mass is 10.3. The third kappa shape index (κ3) is 3.85. The highest BCUT2D eigenvalue weighted by Crippen LogP contribution is 2.21. The summed E-state index contributed by atoms with van der Waals surface area (Å²) in [5.41, 5.74) is 2.03. The molecule has 1 fully saturated rings. The third-order valence-corrected chi connectivity index (χ3v) is 4.38. The molecule has 0 N–H and O–H groups in total. The van der Waals surface area contributed by atoms with E-state index in [1.54, 1.807) is 0 Å². The van der Waals surface area contributed by atoms with E-state index in [9.17, 15) is 0 Å². The van der Waals surface area contributed by atoms with Gasteiger partial charge in [0.1, 0.15) is 0 Å². The molecule has 4 nitrogen and oxygen atoms in total. The molecule has 1 aliphatic heterocycles. The van der Waals surface area contributed by atoms with Crippen molar-refractivity contribution < 1.29 is 0 Å². The maximum absolute atomic E-state index is 6.31. The first-order valence-corrected chi connectivity index (χ1v) is 7.71. The van der Waals surface area contributed by atoms with Gasteiger partial charge in [-0.15, -0.1) is 11.6 Å². The molecule has 0 amide bonds. The van der Waals surface area contributed by atoms with Gasteiger partial charge in [-0.1, -0.05) is 11.6 Å². The van der Waals surface area contributed by atoms with Crippen molar-refractivity contribution in [3.05, 3.63) is 16.4 Å². The number of hydrogen-bond donors (Lipinski definition) is 0. The predicted molar refractivity (Wildman–Crippen MR) is 80.0 cm³/mol. The van der Waals surface area contributed by atoms with Crippen molar-refractivity contribution >= 4 is 23.2 Å². The molecule has 0 radical (unpaired) electrons. The molecule has 0 unspecified atom stereocenters. The van der Waals surface area contributed by atoms with Crippen LogP contribution in [0.4, 0.5) is 0 Å². The van der Waals surface area contributed by atoms with E-state index >= 15 is 0 Å². The molecule has 1 aromatic rings. The average Bonchev–Trinajstić information content (AvgIpc) is 2.58. The molecular formula is C13H22Cl2N4. The van der Waals surface area contributed by atoms with Gasteiger partial charge in [0.2, 0.25) is 0 Å². The number of alkyl halides is 1. The molecule has 19 heavy (non-hydrogen) atoms. The summed E-state index contributed by atoms with van der Waals surface area (Å²) in [6.45, 7) is 8.22. The molecule has 1 saturated heterocycles. The second-order valence-electron chi connectivity index (χ2n) is 5.13. The van der Waals surface area contributed by atoms with Crippen LogP contribution in [0.25, 0.3) is 0 Å². The van der Waals surface area contributed by atoms with Crippen LogP contribution in [0.5, 0.6) is 0 Å². The zero-order valence-electron chi connectivity index (χ0n) is 11.7. The van der Waals surface area contributed by atoms with Crippen LogP contribution in [0.3, 0.4) is 0 Å². The van der Waals surface area contributed by atoms with Crippen molar-refractivity contribution in [2.45, 2.75) is 19.9 Å². The Morgan fingerprint density at radius 3 is 2.47 bits per heavy atom. The third-order valence-electron chi connectivity index (χ3n) is 3.72. The number of nitrogens with zero attached hydrogens (tertiary/aromatic N) is 4. The molecule has 0 saturated carbocycles. The lowest BCUT2D eigenvalue weighted by Gasteiger charge is -2.21. The van der Waals surface area contributed by atoms with E-state index in [-0.39, 0.29) is 0 Å². The molecule has 1 aliphatic rings. The van der Waals surface area contributed by atoms with Crippen LogP contribution in [0.2, 0.25) is 5.02 Å². The highest BCUT2D eigenvalue weighted by Gasteiger charge is 2.18. The van der Waals surface area contributed by atoms with Gasteiger partial charge in [-0.05, 0) is 26.4 Å². The van der Waals surface area contributed by atoms with Gasteiger partial charge in [0.05, 0.1) is 16.4 Å². The SMILES string of the molecule is Cc1nn(C)c(CN2CCCN(CCCl)CC2)c1Cl. The molecule has 2 heterocycles. The van der Waals surface area contributed by atoms with Crippen LogP contribution in [-0.4, -0.2) is 58.2 Å². The monoisotopic (exact) mass is 304 g/mol. The fourth-order valence-corrected chi connectivity index (χ4v) is 3.05. The Balaban J connectivity index is 1.96. The van der Waals surface area contributed by atoms with E-state index in [2.05, 4.69) is 14.9 Å². The molecule has 1 aromatic heterocycles. The van der Waals surface area contributed by atoms with Gasteiger partial charge >= 0.3 is 0 Å². The summed E-state index contributed by atoms with van der Waals surface area (Å²) in [5, 5.41) is 5.18. The summed E-state index contributed by atoms with van der Waals surface area (Å²) < 4.78 is 1.90. The summed E-state index contributed by atoms with van der Waals surface area (Å²) in [4.78, 5) is 4.89. The van der Waals surface area contributed by atoms with Crippen LogP contribution < -0.4 is 0 Å². The van der Waals surface area contributed by atoms with Crippen LogP contribution in [-0.2, 0) is 13.6 Å². The molecule has 6 heteroatoms. The topological polar surface area (TPSA) is 24.3 Å². The molecule has 0 aromatic carbocycles. The van der Waals surface area contributed by atoms with Crippen molar-refractivity contribution in [2.24, 2.45) is 7.05 Å². The summed E-state index contributed by atoms with van der Waals surface area (Å²) in [6.07, 6.45) is 1.19. The average molecular weight is 305 g/mol. The van der Waals surface area contributed by atoms with Crippen LogP contribution in [0.1, 0.15) is 17.8 Å². The largest absolute Gasteiger partial charge is 0.301 e. The Hall–Kier alpha value is -0.290. The Bertz CT molecular complexity index is 419. The quantitative estimate of drug-likeness (QED) is 0.797. The molecular weight excluding hydrogens is 283 g/mol. The van der Waals surface area contributed by atoms with Crippen molar-refractivity contribution in [3.63, 3.8) is 0 Å². The number of halogens is 2. The van der Waals surface area contributed by atoms with Crippen LogP contribution >= 0.6 is 23.2 Å². The van der Waals surface area contributed by atoms with Crippen molar-refractivity contribution in [1.82, 2.24) is 19.6 Å². The first-order chi connectivity index (χ1) is 9.11. The van der Waals surface area contributed by atoms with Gasteiger partial charge in [0.15, 0.2) is 0 Å². The van der Waals surface area contributed by atoms with Crippen molar-refractivity contribution in [2.75, 3.05) is 38.6 Å². The molecule has 0 bridgehead atoms. The number of rotatable bonds is 4. The maximum atomic E-state index is 6.31. The van der Waals surface area contributed by atoms with E-state index in [4.69, 9.17) is 23.2 Å². The second-order valence-corrected chi connectivity index (χ2v) is 5.89. The maximum Gasteiger partial charge on any atom is 0.0860 e. The molecule has 0 spiro atoms. The minimum atomic E-state index is 0.715. The minimum Gasteiger partial charge on any atom is -0.301 e. The van der Waals surface area contributed by atoms with Crippen LogP contribution in [0, 0.1) is 6.92 Å². The zero-order chi connectivity index (χ0) is 13.8. The van der Waals surface area contributed by atoms with Gasteiger partial charge in [-0.2, -0.15) is 5.10 Å². The summed E-state index contributed by atoms with van der Waals surface area (Å²) in [7, 11) is 1.96. The van der Waals surface area contributed by atoms with E-state index in [1.165, 1.54) is 6.42 Å². The normalized spacial score (nSPS) is 18.7. The molecule has 0 aliphatic carbocycles. The van der Waals surface area contributed by atoms with Gasteiger partial charge in [0.25, 0.3) is 0 Å². The highest BCUT2D eigenvalue weighted by atomic mass is 35.5. The number of aromatic nitrogens is 2. The molecule has 2 rings (SSSR count). The molecule has 0 atom stereocenters. The highest BCUT2D eigenvalue weighted by molar-refractivity contribution is 6.31. The Morgan fingerprint density at radius 1 is 1.16 bits per heavy atom. The smallest absolute Gasteiger partial charge is 0.0860 e. The fourth-order valence-electron chi connectivity index (χ4n) is 2.59. The minimum absolute atomic E-state index is 0.715. The fraction of sp³-hybridized carbons (Fsp3) is 0.769. The zero-order valence-corrected chi connectivity index (χ0v) is 13.2. The van der Waals surface area contributed by atoms with Crippen LogP contribution in [0.15, 0.2) is 0 Å². The Labute approximate surface area is 125 Å². The van der Waals surface area contributed by atoms with Crippen molar-refractivity contribution in [3.8, 4) is 0 Å². The predicted octanol–water partition coefficient (Wildman–Crippen LogP) is 2.13. The summed E-state index contributed by atoms with van der Waals surface area (Å²) in [6, 6.07) is 0. The summed E-state index contributed by atoms with van der Waals surface area (Å²) >= 11 is 12.1. The van der Waals surface area contributed by atoms with Gasteiger partial charge in [-0.3, -0.25) is 9.58 Å². The number of hydrogen-bond acceptors (Lipinski definition) is 3. The van der Waals surface area contributed by atoms with E-state index in [0.717, 1.165) is 55.7 Å². The Kier molecular flexibility index (Phi) is 5.51. The van der Waals surface area contributed by atoms with Gasteiger partial charge in [-0.25, -0.2) is 0 Å². The van der Waals surface area contributed by atoms with E-state index < -0.39 is 0 Å². The standard InChI is InChI=1S/C13H22Cl2N4/c1-11-13(15)12(17(2)16-11)10-19-6-3-5-18(7-4-14)8-9-19/h3-10H2,1-2H3. The van der Waals surface area contributed by atoms with Crippen molar-refractivity contribution in [1.29, 1.82) is 0 Å². The second kappa shape index (κ2) is 6.93. The molecule has 108 valence electrons. The first-order valence-electron chi connectivity index (χ1n) is 6.80.